The van der Waals surface area contributed by atoms with Crippen LogP contribution in [0.4, 0.5) is 0 Å². The molecular weight excluding hydrogens is 400 g/mol. The number of carbonyl (C=O) groups excluding carboxylic acids is 2. The molecule has 0 amide bonds. The summed E-state index contributed by atoms with van der Waals surface area (Å²) in [7, 11) is 2.97. The standard InChI is InChI=1S/C20H34O10/c1-5-25-19(21)17(27-11-23-3)15-9-7-13(29-15)14-8-10-16(30-14)18(28-12-24-4)20(22)26-6-2/h13-18H,5-12H2,1-4H3/t13-,14-,15-,16-,17+,18+/m1/s1. The third kappa shape index (κ3) is 6.86. The molecule has 0 bridgehead atoms. The summed E-state index contributed by atoms with van der Waals surface area (Å²) in [5.41, 5.74) is 0. The summed E-state index contributed by atoms with van der Waals surface area (Å²) in [6.45, 7) is 3.92. The maximum atomic E-state index is 12.2. The van der Waals surface area contributed by atoms with Crippen molar-refractivity contribution in [3.05, 3.63) is 0 Å². The van der Waals surface area contributed by atoms with Crippen LogP contribution in [-0.4, -0.2) is 89.6 Å². The van der Waals surface area contributed by atoms with E-state index in [4.69, 9.17) is 37.9 Å². The summed E-state index contributed by atoms with van der Waals surface area (Å²) in [6, 6.07) is 0. The number of hydrogen-bond acceptors (Lipinski definition) is 10. The lowest BCUT2D eigenvalue weighted by molar-refractivity contribution is -0.189. The number of hydrogen-bond donors (Lipinski definition) is 0. The summed E-state index contributed by atoms with van der Waals surface area (Å²) in [6.07, 6.45) is -0.368. The molecule has 0 aromatic carbocycles. The van der Waals surface area contributed by atoms with Crippen LogP contribution in [0.1, 0.15) is 39.5 Å². The molecule has 0 aliphatic carbocycles. The second kappa shape index (κ2) is 13.2. The molecule has 2 fully saturated rings. The molecule has 2 heterocycles. The van der Waals surface area contributed by atoms with E-state index in [-0.39, 0.29) is 39.0 Å². The second-order valence-electron chi connectivity index (χ2n) is 7.07. The second-order valence-corrected chi connectivity index (χ2v) is 7.07. The quantitative estimate of drug-likeness (QED) is 0.310. The van der Waals surface area contributed by atoms with E-state index in [0.29, 0.717) is 25.7 Å². The van der Waals surface area contributed by atoms with Crippen LogP contribution < -0.4 is 0 Å². The minimum Gasteiger partial charge on any atom is -0.464 e. The summed E-state index contributed by atoms with van der Waals surface area (Å²) in [5, 5.41) is 0. The maximum absolute atomic E-state index is 12.2. The molecule has 0 saturated carbocycles. The number of rotatable bonds is 13. The number of ether oxygens (including phenoxy) is 8. The van der Waals surface area contributed by atoms with E-state index < -0.39 is 36.4 Å². The third-order valence-electron chi connectivity index (χ3n) is 5.03. The lowest BCUT2D eigenvalue weighted by atomic mass is 10.0. The molecule has 0 N–H and O–H groups in total. The van der Waals surface area contributed by atoms with Gasteiger partial charge in [-0.3, -0.25) is 0 Å². The molecule has 10 nitrogen and oxygen atoms in total. The SMILES string of the molecule is CCOC(=O)[C@@H](OCOC)[C@H]1CC[C@H]([C@H]2CC[C@H]([C@H](OCOC)C(=O)OCC)O2)O1. The van der Waals surface area contributed by atoms with Gasteiger partial charge in [0.1, 0.15) is 13.6 Å². The molecule has 2 rings (SSSR count). The third-order valence-corrected chi connectivity index (χ3v) is 5.03. The molecule has 174 valence electrons. The smallest absolute Gasteiger partial charge is 0.338 e. The van der Waals surface area contributed by atoms with Crippen molar-refractivity contribution in [3.8, 4) is 0 Å². The van der Waals surface area contributed by atoms with E-state index in [1.54, 1.807) is 13.8 Å². The van der Waals surface area contributed by atoms with Crippen molar-refractivity contribution >= 4 is 11.9 Å². The highest BCUT2D eigenvalue weighted by molar-refractivity contribution is 5.76. The predicted molar refractivity (Wildman–Crippen MR) is 103 cm³/mol. The molecule has 0 aromatic rings. The largest absolute Gasteiger partial charge is 0.464 e. The van der Waals surface area contributed by atoms with Gasteiger partial charge in [0.15, 0.2) is 12.2 Å². The highest BCUT2D eigenvalue weighted by atomic mass is 16.7. The average molecular weight is 434 g/mol. The van der Waals surface area contributed by atoms with Gasteiger partial charge in [0, 0.05) is 14.2 Å². The van der Waals surface area contributed by atoms with Gasteiger partial charge >= 0.3 is 11.9 Å². The van der Waals surface area contributed by atoms with Crippen molar-refractivity contribution in [2.24, 2.45) is 0 Å². The molecule has 2 saturated heterocycles. The summed E-state index contributed by atoms with van der Waals surface area (Å²) < 4.78 is 43.3. The van der Waals surface area contributed by atoms with Crippen LogP contribution in [0.25, 0.3) is 0 Å². The number of esters is 2. The molecule has 0 aromatic heterocycles. The van der Waals surface area contributed by atoms with Gasteiger partial charge in [-0.1, -0.05) is 0 Å². The fourth-order valence-corrected chi connectivity index (χ4v) is 3.76. The first-order valence-corrected chi connectivity index (χ1v) is 10.4. The maximum Gasteiger partial charge on any atom is 0.338 e. The molecule has 0 radical (unpaired) electrons. The Morgan fingerprint density at radius 2 is 1.17 bits per heavy atom. The van der Waals surface area contributed by atoms with Crippen LogP contribution in [0.5, 0.6) is 0 Å². The van der Waals surface area contributed by atoms with E-state index in [1.807, 2.05) is 0 Å². The Morgan fingerprint density at radius 3 is 1.50 bits per heavy atom. The van der Waals surface area contributed by atoms with Crippen LogP contribution in [0.3, 0.4) is 0 Å². The normalized spacial score (nSPS) is 28.3. The van der Waals surface area contributed by atoms with Crippen LogP contribution in [0, 0.1) is 0 Å². The molecule has 6 atom stereocenters. The van der Waals surface area contributed by atoms with Crippen LogP contribution in [0.15, 0.2) is 0 Å². The lowest BCUT2D eigenvalue weighted by Crippen LogP contribution is -2.41. The van der Waals surface area contributed by atoms with Gasteiger partial charge < -0.3 is 37.9 Å². The van der Waals surface area contributed by atoms with Gasteiger partial charge in [-0.2, -0.15) is 0 Å². The van der Waals surface area contributed by atoms with Gasteiger partial charge in [0.2, 0.25) is 0 Å². The Kier molecular flexibility index (Phi) is 11.0. The van der Waals surface area contributed by atoms with Gasteiger partial charge in [-0.15, -0.1) is 0 Å². The first kappa shape index (κ1) is 25.0. The predicted octanol–water partition coefficient (Wildman–Crippen LogP) is 1.19. The molecule has 0 unspecified atom stereocenters. The van der Waals surface area contributed by atoms with Crippen molar-refractivity contribution in [2.75, 3.05) is 41.0 Å². The van der Waals surface area contributed by atoms with E-state index in [0.717, 1.165) is 0 Å². The van der Waals surface area contributed by atoms with Crippen LogP contribution in [0.2, 0.25) is 0 Å². The Bertz CT molecular complexity index is 482. The fraction of sp³-hybridized carbons (Fsp3) is 0.900. The minimum atomic E-state index is -0.857. The summed E-state index contributed by atoms with van der Waals surface area (Å²) in [5.74, 6) is -0.943. The Morgan fingerprint density at radius 1 is 0.767 bits per heavy atom. The van der Waals surface area contributed by atoms with Crippen LogP contribution in [-0.2, 0) is 47.5 Å². The van der Waals surface area contributed by atoms with Gasteiger partial charge in [-0.05, 0) is 39.5 Å². The van der Waals surface area contributed by atoms with Crippen molar-refractivity contribution in [1.29, 1.82) is 0 Å². The first-order chi connectivity index (χ1) is 14.5. The molecule has 2 aliphatic rings. The zero-order valence-corrected chi connectivity index (χ0v) is 18.2. The number of carbonyl (C=O) groups is 2. The van der Waals surface area contributed by atoms with Gasteiger partial charge in [0.25, 0.3) is 0 Å². The minimum absolute atomic E-state index is 0.0337. The molecule has 10 heteroatoms. The Hall–Kier alpha value is -1.30. The van der Waals surface area contributed by atoms with Gasteiger partial charge in [0.05, 0.1) is 37.6 Å². The summed E-state index contributed by atoms with van der Waals surface area (Å²) in [4.78, 5) is 24.5. The average Bonchev–Trinajstić information content (AvgIpc) is 3.39. The van der Waals surface area contributed by atoms with Crippen molar-refractivity contribution in [3.63, 3.8) is 0 Å². The zero-order valence-electron chi connectivity index (χ0n) is 18.2. The first-order valence-electron chi connectivity index (χ1n) is 10.4. The highest BCUT2D eigenvalue weighted by Gasteiger charge is 2.45. The van der Waals surface area contributed by atoms with Crippen molar-refractivity contribution < 1.29 is 47.5 Å². The summed E-state index contributed by atoms with van der Waals surface area (Å²) >= 11 is 0. The molecule has 2 aliphatic heterocycles. The fourth-order valence-electron chi connectivity index (χ4n) is 3.76. The van der Waals surface area contributed by atoms with E-state index in [9.17, 15) is 9.59 Å². The lowest BCUT2D eigenvalue weighted by Gasteiger charge is -2.26. The molecule has 30 heavy (non-hydrogen) atoms. The Balaban J connectivity index is 1.94. The van der Waals surface area contributed by atoms with E-state index in [1.165, 1.54) is 14.2 Å². The Labute approximate surface area is 177 Å². The molecule has 0 spiro atoms. The van der Waals surface area contributed by atoms with Crippen LogP contribution >= 0.6 is 0 Å². The van der Waals surface area contributed by atoms with E-state index in [2.05, 4.69) is 0 Å². The number of methoxy groups -OCH3 is 2. The van der Waals surface area contributed by atoms with Gasteiger partial charge in [-0.25, -0.2) is 9.59 Å². The van der Waals surface area contributed by atoms with Crippen molar-refractivity contribution in [1.82, 2.24) is 0 Å². The highest BCUT2D eigenvalue weighted by Crippen LogP contribution is 2.34. The molecular formula is C20H34O10. The van der Waals surface area contributed by atoms with E-state index >= 15 is 0 Å². The van der Waals surface area contributed by atoms with Crippen molar-refractivity contribution in [2.45, 2.75) is 76.2 Å². The topological polar surface area (TPSA) is 108 Å². The zero-order chi connectivity index (χ0) is 21.9. The monoisotopic (exact) mass is 434 g/mol.